The van der Waals surface area contributed by atoms with Crippen LogP contribution < -0.4 is 5.11 Å². The van der Waals surface area contributed by atoms with Crippen molar-refractivity contribution in [3.05, 3.63) is 38.8 Å². The van der Waals surface area contributed by atoms with Gasteiger partial charge in [0.05, 0.1) is 21.6 Å². The van der Waals surface area contributed by atoms with Crippen LogP contribution in [0.2, 0.25) is 10.0 Å². The van der Waals surface area contributed by atoms with Crippen LogP contribution in [-0.2, 0) is 0 Å². The Bertz CT molecular complexity index is 595. The van der Waals surface area contributed by atoms with Crippen molar-refractivity contribution in [1.29, 1.82) is 0 Å². The number of carbonyl (C=O) groups excluding carboxylic acids is 1. The standard InChI is InChI=1S/C11H7Cl2NO2S/c1-5-9(11(15)16)17-10(14-5)7-3-2-6(12)4-8(7)13/h2-4H,1H3,(H,15,16)/p-1. The Morgan fingerprint density at radius 3 is 2.65 bits per heavy atom. The van der Waals surface area contributed by atoms with Crippen LogP contribution in [0.4, 0.5) is 0 Å². The maximum Gasteiger partial charge on any atom is 0.125 e. The van der Waals surface area contributed by atoms with E-state index in [4.69, 9.17) is 23.2 Å². The predicted molar refractivity (Wildman–Crippen MR) is 66.6 cm³/mol. The van der Waals surface area contributed by atoms with Crippen LogP contribution in [0.5, 0.6) is 0 Å². The number of hydrogen-bond acceptors (Lipinski definition) is 4. The maximum absolute atomic E-state index is 10.8. The van der Waals surface area contributed by atoms with Gasteiger partial charge < -0.3 is 9.90 Å². The second-order valence-electron chi connectivity index (χ2n) is 3.35. The third-order valence-electron chi connectivity index (χ3n) is 2.14. The Morgan fingerprint density at radius 2 is 2.12 bits per heavy atom. The molecule has 0 unspecified atom stereocenters. The quantitative estimate of drug-likeness (QED) is 0.853. The summed E-state index contributed by atoms with van der Waals surface area (Å²) in [4.78, 5) is 15.1. The molecule has 1 heterocycles. The molecule has 17 heavy (non-hydrogen) atoms. The monoisotopic (exact) mass is 286 g/mol. The van der Waals surface area contributed by atoms with Gasteiger partial charge in [-0.05, 0) is 25.1 Å². The van der Waals surface area contributed by atoms with Crippen LogP contribution in [0.25, 0.3) is 10.6 Å². The second-order valence-corrected chi connectivity index (χ2v) is 5.19. The summed E-state index contributed by atoms with van der Waals surface area (Å²) in [6.07, 6.45) is 0. The first-order chi connectivity index (χ1) is 7.99. The highest BCUT2D eigenvalue weighted by Gasteiger charge is 2.12. The van der Waals surface area contributed by atoms with Gasteiger partial charge in [0.1, 0.15) is 5.01 Å². The molecule has 0 aliphatic heterocycles. The zero-order valence-corrected chi connectivity index (χ0v) is 11.0. The molecule has 0 bridgehead atoms. The van der Waals surface area contributed by atoms with Crippen molar-refractivity contribution in [2.75, 3.05) is 0 Å². The topological polar surface area (TPSA) is 53.0 Å². The third kappa shape index (κ3) is 2.44. The maximum atomic E-state index is 10.8. The molecule has 1 aromatic heterocycles. The van der Waals surface area contributed by atoms with Gasteiger partial charge in [0.25, 0.3) is 0 Å². The first-order valence-electron chi connectivity index (χ1n) is 4.63. The number of halogens is 2. The number of aromatic carboxylic acids is 1. The molecule has 2 aromatic rings. The van der Waals surface area contributed by atoms with Crippen molar-refractivity contribution in [1.82, 2.24) is 4.98 Å². The molecule has 0 atom stereocenters. The van der Waals surface area contributed by atoms with E-state index in [2.05, 4.69) is 4.98 Å². The average Bonchev–Trinajstić information content (AvgIpc) is 2.60. The van der Waals surface area contributed by atoms with Gasteiger partial charge in [0.2, 0.25) is 0 Å². The van der Waals surface area contributed by atoms with E-state index in [-0.39, 0.29) is 4.88 Å². The van der Waals surface area contributed by atoms with Crippen LogP contribution in [0.3, 0.4) is 0 Å². The molecular weight excluding hydrogens is 281 g/mol. The zero-order valence-electron chi connectivity index (χ0n) is 8.66. The average molecular weight is 287 g/mol. The number of thiazole rings is 1. The second kappa shape index (κ2) is 4.64. The van der Waals surface area contributed by atoms with Crippen molar-refractivity contribution in [2.24, 2.45) is 0 Å². The van der Waals surface area contributed by atoms with E-state index >= 15 is 0 Å². The van der Waals surface area contributed by atoms with Crippen LogP contribution in [0.15, 0.2) is 18.2 Å². The Hall–Kier alpha value is -1.10. The molecule has 0 saturated heterocycles. The van der Waals surface area contributed by atoms with Gasteiger partial charge in [-0.25, -0.2) is 4.98 Å². The number of benzene rings is 1. The Morgan fingerprint density at radius 1 is 1.41 bits per heavy atom. The molecule has 0 amide bonds. The molecular formula is C11H6Cl2NO2S-. The molecule has 2 rings (SSSR count). The molecule has 88 valence electrons. The van der Waals surface area contributed by atoms with Crippen molar-refractivity contribution >= 4 is 40.5 Å². The number of carbonyl (C=O) groups is 1. The predicted octanol–water partition coefficient (Wildman–Crippen LogP) is 2.79. The number of nitrogens with zero attached hydrogens (tertiary/aromatic N) is 1. The first-order valence-corrected chi connectivity index (χ1v) is 6.20. The molecule has 0 saturated carbocycles. The van der Waals surface area contributed by atoms with E-state index in [9.17, 15) is 9.90 Å². The number of hydrogen-bond donors (Lipinski definition) is 0. The number of aromatic nitrogens is 1. The molecule has 0 N–H and O–H groups in total. The van der Waals surface area contributed by atoms with Gasteiger partial charge in [0.15, 0.2) is 0 Å². The van der Waals surface area contributed by atoms with Gasteiger partial charge in [0, 0.05) is 10.6 Å². The highest BCUT2D eigenvalue weighted by Crippen LogP contribution is 2.34. The Balaban J connectivity index is 2.53. The molecule has 1 aromatic carbocycles. The SMILES string of the molecule is Cc1nc(-c2ccc(Cl)cc2Cl)sc1C(=O)[O-]. The van der Waals surface area contributed by atoms with Gasteiger partial charge in [-0.3, -0.25) is 0 Å². The molecule has 0 aliphatic carbocycles. The van der Waals surface area contributed by atoms with Gasteiger partial charge in [-0.1, -0.05) is 23.2 Å². The Kier molecular flexibility index (Phi) is 3.38. The normalized spacial score (nSPS) is 10.5. The highest BCUT2D eigenvalue weighted by atomic mass is 35.5. The number of carboxylic acids is 1. The molecule has 0 radical (unpaired) electrons. The first kappa shape index (κ1) is 12.4. The van der Waals surface area contributed by atoms with Crippen molar-refractivity contribution in [3.63, 3.8) is 0 Å². The number of aryl methyl sites for hydroxylation is 1. The van der Waals surface area contributed by atoms with E-state index < -0.39 is 5.97 Å². The fraction of sp³-hybridized carbons (Fsp3) is 0.0909. The minimum absolute atomic E-state index is 0.117. The van der Waals surface area contributed by atoms with Gasteiger partial charge in [-0.2, -0.15) is 0 Å². The van der Waals surface area contributed by atoms with Gasteiger partial charge in [-0.15, -0.1) is 11.3 Å². The van der Waals surface area contributed by atoms with Crippen molar-refractivity contribution < 1.29 is 9.90 Å². The number of rotatable bonds is 2. The summed E-state index contributed by atoms with van der Waals surface area (Å²) >= 11 is 12.9. The van der Waals surface area contributed by atoms with E-state index in [1.807, 2.05) is 0 Å². The van der Waals surface area contributed by atoms with E-state index in [1.54, 1.807) is 25.1 Å². The van der Waals surface area contributed by atoms with E-state index in [0.29, 0.717) is 26.3 Å². The summed E-state index contributed by atoms with van der Waals surface area (Å²) in [7, 11) is 0. The summed E-state index contributed by atoms with van der Waals surface area (Å²) < 4.78 is 0. The summed E-state index contributed by atoms with van der Waals surface area (Å²) in [5, 5.41) is 12.3. The van der Waals surface area contributed by atoms with Crippen molar-refractivity contribution in [2.45, 2.75) is 6.92 Å². The van der Waals surface area contributed by atoms with E-state index in [1.165, 1.54) is 0 Å². The fourth-order valence-corrected chi connectivity index (χ4v) is 2.86. The molecule has 0 spiro atoms. The summed E-state index contributed by atoms with van der Waals surface area (Å²) in [6, 6.07) is 4.98. The lowest BCUT2D eigenvalue weighted by molar-refractivity contribution is -0.254. The summed E-state index contributed by atoms with van der Waals surface area (Å²) in [6.45, 7) is 1.62. The molecule has 0 fully saturated rings. The van der Waals surface area contributed by atoms with Crippen LogP contribution in [0.1, 0.15) is 15.4 Å². The summed E-state index contributed by atoms with van der Waals surface area (Å²) in [5.41, 5.74) is 1.09. The summed E-state index contributed by atoms with van der Waals surface area (Å²) in [5.74, 6) is -1.23. The fourth-order valence-electron chi connectivity index (χ4n) is 1.36. The minimum atomic E-state index is -1.23. The van der Waals surface area contributed by atoms with Crippen LogP contribution in [0, 0.1) is 6.92 Å². The van der Waals surface area contributed by atoms with Crippen LogP contribution in [-0.4, -0.2) is 11.0 Å². The lowest BCUT2D eigenvalue weighted by Gasteiger charge is -2.00. The number of carboxylic acid groups (broad SMARTS) is 1. The zero-order chi connectivity index (χ0) is 12.6. The highest BCUT2D eigenvalue weighted by molar-refractivity contribution is 7.17. The van der Waals surface area contributed by atoms with Crippen molar-refractivity contribution in [3.8, 4) is 10.6 Å². The third-order valence-corrected chi connectivity index (χ3v) is 3.86. The van der Waals surface area contributed by atoms with E-state index in [0.717, 1.165) is 11.3 Å². The smallest absolute Gasteiger partial charge is 0.125 e. The lowest BCUT2D eigenvalue weighted by atomic mass is 10.2. The molecule has 3 nitrogen and oxygen atoms in total. The molecule has 0 aliphatic rings. The largest absolute Gasteiger partial charge is 0.544 e. The lowest BCUT2D eigenvalue weighted by Crippen LogP contribution is -2.21. The molecule has 6 heteroatoms. The minimum Gasteiger partial charge on any atom is -0.544 e. The van der Waals surface area contributed by atoms with Gasteiger partial charge >= 0.3 is 0 Å². The van der Waals surface area contributed by atoms with Crippen LogP contribution >= 0.6 is 34.5 Å². The Labute approximate surface area is 112 Å².